The SMILES string of the molecule is CCC1CCCC(NCc2cccc([N+](=O)[O-])c2)C1. The summed E-state index contributed by atoms with van der Waals surface area (Å²) >= 11 is 0. The molecule has 2 unspecified atom stereocenters. The van der Waals surface area contributed by atoms with E-state index in [4.69, 9.17) is 0 Å². The third-order valence-electron chi connectivity index (χ3n) is 4.08. The fourth-order valence-electron chi connectivity index (χ4n) is 2.89. The van der Waals surface area contributed by atoms with Gasteiger partial charge in [0.15, 0.2) is 0 Å². The van der Waals surface area contributed by atoms with Gasteiger partial charge in [0.1, 0.15) is 0 Å². The molecular formula is C15H22N2O2. The molecule has 0 aliphatic heterocycles. The molecule has 2 atom stereocenters. The molecular weight excluding hydrogens is 240 g/mol. The summed E-state index contributed by atoms with van der Waals surface area (Å²) in [4.78, 5) is 10.4. The minimum absolute atomic E-state index is 0.175. The largest absolute Gasteiger partial charge is 0.310 e. The first kappa shape index (κ1) is 14.0. The lowest BCUT2D eigenvalue weighted by molar-refractivity contribution is -0.384. The van der Waals surface area contributed by atoms with Crippen LogP contribution in [0.5, 0.6) is 0 Å². The summed E-state index contributed by atoms with van der Waals surface area (Å²) in [6.07, 6.45) is 6.38. The molecule has 0 spiro atoms. The first-order valence-electron chi connectivity index (χ1n) is 7.15. The molecule has 1 saturated carbocycles. The summed E-state index contributed by atoms with van der Waals surface area (Å²) in [6.45, 7) is 2.98. The van der Waals surface area contributed by atoms with E-state index in [1.54, 1.807) is 12.1 Å². The summed E-state index contributed by atoms with van der Waals surface area (Å²) in [5.41, 5.74) is 1.17. The Labute approximate surface area is 114 Å². The number of nitro benzene ring substituents is 1. The molecule has 1 aromatic rings. The number of non-ortho nitro benzene ring substituents is 1. The maximum Gasteiger partial charge on any atom is 0.269 e. The lowest BCUT2D eigenvalue weighted by atomic mass is 9.84. The Bertz CT molecular complexity index is 434. The topological polar surface area (TPSA) is 55.2 Å². The van der Waals surface area contributed by atoms with Gasteiger partial charge in [-0.2, -0.15) is 0 Å². The molecule has 1 aromatic carbocycles. The van der Waals surface area contributed by atoms with E-state index in [9.17, 15) is 10.1 Å². The highest BCUT2D eigenvalue weighted by Gasteiger charge is 2.20. The maximum atomic E-state index is 10.7. The minimum atomic E-state index is -0.336. The zero-order chi connectivity index (χ0) is 13.7. The quantitative estimate of drug-likeness (QED) is 0.651. The number of benzene rings is 1. The van der Waals surface area contributed by atoms with Crippen molar-refractivity contribution in [2.45, 2.75) is 51.6 Å². The minimum Gasteiger partial charge on any atom is -0.310 e. The highest BCUT2D eigenvalue weighted by molar-refractivity contribution is 5.34. The second-order valence-electron chi connectivity index (χ2n) is 5.45. The Morgan fingerprint density at radius 2 is 2.26 bits per heavy atom. The van der Waals surface area contributed by atoms with Crippen molar-refractivity contribution < 1.29 is 4.92 Å². The lowest BCUT2D eigenvalue weighted by Crippen LogP contribution is -2.33. The van der Waals surface area contributed by atoms with Crippen LogP contribution in [0.15, 0.2) is 24.3 Å². The average Bonchev–Trinajstić information content (AvgIpc) is 2.45. The van der Waals surface area contributed by atoms with Crippen LogP contribution in [0.3, 0.4) is 0 Å². The van der Waals surface area contributed by atoms with E-state index < -0.39 is 0 Å². The second-order valence-corrected chi connectivity index (χ2v) is 5.45. The van der Waals surface area contributed by atoms with Crippen molar-refractivity contribution in [2.24, 2.45) is 5.92 Å². The monoisotopic (exact) mass is 262 g/mol. The fourth-order valence-corrected chi connectivity index (χ4v) is 2.89. The van der Waals surface area contributed by atoms with Crippen LogP contribution >= 0.6 is 0 Å². The smallest absolute Gasteiger partial charge is 0.269 e. The highest BCUT2D eigenvalue weighted by Crippen LogP contribution is 2.26. The second kappa shape index (κ2) is 6.66. The summed E-state index contributed by atoms with van der Waals surface area (Å²) < 4.78 is 0. The summed E-state index contributed by atoms with van der Waals surface area (Å²) in [7, 11) is 0. The van der Waals surface area contributed by atoms with E-state index in [-0.39, 0.29) is 10.6 Å². The molecule has 0 heterocycles. The standard InChI is InChI=1S/C15H22N2O2/c1-2-12-5-3-7-14(9-12)16-11-13-6-4-8-15(10-13)17(18)19/h4,6,8,10,12,14,16H,2-3,5,7,9,11H2,1H3. The summed E-state index contributed by atoms with van der Waals surface area (Å²) in [6, 6.07) is 7.47. The van der Waals surface area contributed by atoms with Gasteiger partial charge in [-0.05, 0) is 24.3 Å². The molecule has 2 rings (SSSR count). The van der Waals surface area contributed by atoms with Gasteiger partial charge in [-0.1, -0.05) is 38.3 Å². The summed E-state index contributed by atoms with van der Waals surface area (Å²) in [5, 5.41) is 14.3. The Hall–Kier alpha value is -1.42. The van der Waals surface area contributed by atoms with Gasteiger partial charge >= 0.3 is 0 Å². The van der Waals surface area contributed by atoms with Crippen LogP contribution in [0.4, 0.5) is 5.69 Å². The van der Waals surface area contributed by atoms with Crippen LogP contribution in [0, 0.1) is 16.0 Å². The van der Waals surface area contributed by atoms with Gasteiger partial charge in [0.05, 0.1) is 4.92 Å². The van der Waals surface area contributed by atoms with Crippen LogP contribution < -0.4 is 5.32 Å². The van der Waals surface area contributed by atoms with E-state index >= 15 is 0 Å². The highest BCUT2D eigenvalue weighted by atomic mass is 16.6. The normalized spacial score (nSPS) is 23.2. The number of hydrogen-bond acceptors (Lipinski definition) is 3. The molecule has 1 N–H and O–H groups in total. The molecule has 4 heteroatoms. The van der Waals surface area contributed by atoms with Crippen molar-refractivity contribution >= 4 is 5.69 Å². The summed E-state index contributed by atoms with van der Waals surface area (Å²) in [5.74, 6) is 0.844. The Kier molecular flexibility index (Phi) is 4.91. The van der Waals surface area contributed by atoms with Crippen molar-refractivity contribution in [1.82, 2.24) is 5.32 Å². The molecule has 0 amide bonds. The third kappa shape index (κ3) is 4.03. The van der Waals surface area contributed by atoms with Crippen molar-refractivity contribution in [3.05, 3.63) is 39.9 Å². The molecule has 0 aromatic heterocycles. The molecule has 1 aliphatic rings. The van der Waals surface area contributed by atoms with Crippen LogP contribution in [0.1, 0.15) is 44.6 Å². The van der Waals surface area contributed by atoms with Crippen molar-refractivity contribution in [3.8, 4) is 0 Å². The zero-order valence-corrected chi connectivity index (χ0v) is 11.5. The van der Waals surface area contributed by atoms with Gasteiger partial charge in [-0.15, -0.1) is 0 Å². The Morgan fingerprint density at radius 1 is 1.42 bits per heavy atom. The van der Waals surface area contributed by atoms with Crippen LogP contribution in [0.2, 0.25) is 0 Å². The first-order valence-corrected chi connectivity index (χ1v) is 7.15. The molecule has 1 aliphatic carbocycles. The molecule has 4 nitrogen and oxygen atoms in total. The van der Waals surface area contributed by atoms with Crippen molar-refractivity contribution in [2.75, 3.05) is 0 Å². The molecule has 1 fully saturated rings. The number of nitrogens with zero attached hydrogens (tertiary/aromatic N) is 1. The van der Waals surface area contributed by atoms with Crippen molar-refractivity contribution in [3.63, 3.8) is 0 Å². The predicted octanol–water partition coefficient (Wildman–Crippen LogP) is 3.65. The van der Waals surface area contributed by atoms with Gasteiger partial charge in [0, 0.05) is 24.7 Å². The van der Waals surface area contributed by atoms with Crippen LogP contribution in [0.25, 0.3) is 0 Å². The lowest BCUT2D eigenvalue weighted by Gasteiger charge is -2.29. The van der Waals surface area contributed by atoms with E-state index in [2.05, 4.69) is 12.2 Å². The molecule has 19 heavy (non-hydrogen) atoms. The Balaban J connectivity index is 1.88. The fraction of sp³-hybridized carbons (Fsp3) is 0.600. The van der Waals surface area contributed by atoms with Gasteiger partial charge < -0.3 is 5.32 Å². The molecule has 104 valence electrons. The van der Waals surface area contributed by atoms with E-state index in [1.165, 1.54) is 38.2 Å². The van der Waals surface area contributed by atoms with Gasteiger partial charge in [0.25, 0.3) is 5.69 Å². The maximum absolute atomic E-state index is 10.7. The predicted molar refractivity (Wildman–Crippen MR) is 76.0 cm³/mol. The van der Waals surface area contributed by atoms with E-state index in [0.717, 1.165) is 18.0 Å². The van der Waals surface area contributed by atoms with Crippen molar-refractivity contribution in [1.29, 1.82) is 0 Å². The zero-order valence-electron chi connectivity index (χ0n) is 11.5. The van der Waals surface area contributed by atoms with E-state index in [0.29, 0.717) is 6.04 Å². The molecule has 0 bridgehead atoms. The molecule has 0 saturated heterocycles. The number of rotatable bonds is 5. The third-order valence-corrected chi connectivity index (χ3v) is 4.08. The van der Waals surface area contributed by atoms with Crippen LogP contribution in [-0.2, 0) is 6.54 Å². The number of nitrogens with one attached hydrogen (secondary N) is 1. The van der Waals surface area contributed by atoms with Gasteiger partial charge in [-0.25, -0.2) is 0 Å². The average molecular weight is 262 g/mol. The molecule has 0 radical (unpaired) electrons. The van der Waals surface area contributed by atoms with Gasteiger partial charge in [-0.3, -0.25) is 10.1 Å². The Morgan fingerprint density at radius 3 is 3.00 bits per heavy atom. The van der Waals surface area contributed by atoms with E-state index in [1.807, 2.05) is 6.07 Å². The van der Waals surface area contributed by atoms with Crippen LogP contribution in [-0.4, -0.2) is 11.0 Å². The number of hydrogen-bond donors (Lipinski definition) is 1. The van der Waals surface area contributed by atoms with Gasteiger partial charge in [0.2, 0.25) is 0 Å². The number of nitro groups is 1. The first-order chi connectivity index (χ1) is 9.19.